The van der Waals surface area contributed by atoms with Crippen LogP contribution in [0.4, 0.5) is 0 Å². The van der Waals surface area contributed by atoms with E-state index in [4.69, 9.17) is 0 Å². The third kappa shape index (κ3) is 1.49. The van der Waals surface area contributed by atoms with Gasteiger partial charge in [0, 0.05) is 31.7 Å². The van der Waals surface area contributed by atoms with E-state index in [1.54, 1.807) is 0 Å². The largest absolute Gasteiger partial charge is 0.315 e. The number of rotatable bonds is 2. The highest BCUT2D eigenvalue weighted by molar-refractivity contribution is 4.92. The fourth-order valence-corrected chi connectivity index (χ4v) is 2.06. The first-order valence-corrected chi connectivity index (χ1v) is 4.88. The third-order valence-corrected chi connectivity index (χ3v) is 3.17. The van der Waals surface area contributed by atoms with Gasteiger partial charge in [-0.15, -0.1) is 0 Å². The van der Waals surface area contributed by atoms with Crippen LogP contribution in [0.25, 0.3) is 0 Å². The van der Waals surface area contributed by atoms with Gasteiger partial charge < -0.3 is 10.2 Å². The lowest BCUT2D eigenvalue weighted by Gasteiger charge is -2.45. The topological polar surface area (TPSA) is 18.5 Å². The number of nitrogens with one attached hydrogen (secondary N) is 1. The van der Waals surface area contributed by atoms with Crippen LogP contribution < -0.4 is 5.32 Å². The Kier molecular flexibility index (Phi) is 2.35. The number of hydrogen-bond donors (Lipinski definition) is 1. The van der Waals surface area contributed by atoms with E-state index in [0.29, 0.717) is 0 Å². The van der Waals surface area contributed by atoms with Crippen molar-refractivity contribution in [1.82, 2.24) is 15.1 Å². The summed E-state index contributed by atoms with van der Waals surface area (Å²) in [5.74, 6) is 0. The maximum Gasteiger partial charge on any atom is 0.0344 e. The lowest BCUT2D eigenvalue weighted by atomic mass is 10.0. The molecule has 0 amide bonds. The molecule has 0 unspecified atom stereocenters. The summed E-state index contributed by atoms with van der Waals surface area (Å²) in [4.78, 5) is 4.93. The van der Waals surface area contributed by atoms with Crippen LogP contribution >= 0.6 is 0 Å². The van der Waals surface area contributed by atoms with Gasteiger partial charge in [0.15, 0.2) is 0 Å². The molecule has 0 aromatic heterocycles. The molecule has 2 heterocycles. The SMILES string of the molecule is CN(C)C1CN([C@H]2CCNC2)C1. The first-order valence-electron chi connectivity index (χ1n) is 4.88. The summed E-state index contributed by atoms with van der Waals surface area (Å²) in [5.41, 5.74) is 0. The first-order chi connectivity index (χ1) is 5.77. The third-order valence-electron chi connectivity index (χ3n) is 3.17. The maximum absolute atomic E-state index is 3.41. The highest BCUT2D eigenvalue weighted by Gasteiger charge is 2.34. The first kappa shape index (κ1) is 8.48. The van der Waals surface area contributed by atoms with E-state index in [2.05, 4.69) is 29.2 Å². The van der Waals surface area contributed by atoms with Crippen molar-refractivity contribution in [2.75, 3.05) is 40.3 Å². The van der Waals surface area contributed by atoms with Crippen LogP contribution in [0.15, 0.2) is 0 Å². The molecule has 0 bridgehead atoms. The Morgan fingerprint density at radius 3 is 2.58 bits per heavy atom. The highest BCUT2D eigenvalue weighted by Crippen LogP contribution is 2.18. The summed E-state index contributed by atoms with van der Waals surface area (Å²) in [7, 11) is 4.35. The molecule has 2 aliphatic rings. The average molecular weight is 169 g/mol. The van der Waals surface area contributed by atoms with Crippen molar-refractivity contribution in [3.05, 3.63) is 0 Å². The van der Waals surface area contributed by atoms with E-state index in [0.717, 1.165) is 12.1 Å². The molecule has 3 heteroatoms. The zero-order chi connectivity index (χ0) is 8.55. The fourth-order valence-electron chi connectivity index (χ4n) is 2.06. The van der Waals surface area contributed by atoms with Gasteiger partial charge in [0.25, 0.3) is 0 Å². The van der Waals surface area contributed by atoms with Gasteiger partial charge in [0.05, 0.1) is 0 Å². The van der Waals surface area contributed by atoms with Crippen molar-refractivity contribution < 1.29 is 0 Å². The van der Waals surface area contributed by atoms with Gasteiger partial charge in [-0.1, -0.05) is 0 Å². The van der Waals surface area contributed by atoms with E-state index >= 15 is 0 Å². The van der Waals surface area contributed by atoms with Crippen molar-refractivity contribution in [2.24, 2.45) is 0 Å². The lowest BCUT2D eigenvalue weighted by Crippen LogP contribution is -2.60. The molecule has 1 atom stereocenters. The van der Waals surface area contributed by atoms with Gasteiger partial charge in [-0.3, -0.25) is 4.90 Å². The summed E-state index contributed by atoms with van der Waals surface area (Å²) in [6.45, 7) is 4.98. The molecule has 0 aliphatic carbocycles. The summed E-state index contributed by atoms with van der Waals surface area (Å²) in [6.07, 6.45) is 1.35. The average Bonchev–Trinajstić information content (AvgIpc) is 2.34. The maximum atomic E-state index is 3.41. The minimum Gasteiger partial charge on any atom is -0.315 e. The zero-order valence-electron chi connectivity index (χ0n) is 8.08. The molecule has 2 rings (SSSR count). The second kappa shape index (κ2) is 3.32. The second-order valence-corrected chi connectivity index (χ2v) is 4.22. The van der Waals surface area contributed by atoms with E-state index < -0.39 is 0 Å². The van der Waals surface area contributed by atoms with E-state index in [1.165, 1.54) is 32.6 Å². The van der Waals surface area contributed by atoms with E-state index in [1.807, 2.05) is 0 Å². The van der Waals surface area contributed by atoms with Crippen LogP contribution in [0, 0.1) is 0 Å². The molecular formula is C9H19N3. The molecule has 0 radical (unpaired) electrons. The van der Waals surface area contributed by atoms with E-state index in [-0.39, 0.29) is 0 Å². The molecule has 2 aliphatic heterocycles. The van der Waals surface area contributed by atoms with Crippen LogP contribution in [0.3, 0.4) is 0 Å². The number of nitrogens with zero attached hydrogens (tertiary/aromatic N) is 2. The molecule has 2 saturated heterocycles. The van der Waals surface area contributed by atoms with E-state index in [9.17, 15) is 0 Å². The molecule has 12 heavy (non-hydrogen) atoms. The zero-order valence-corrected chi connectivity index (χ0v) is 8.08. The Morgan fingerprint density at radius 1 is 1.33 bits per heavy atom. The summed E-state index contributed by atoms with van der Waals surface area (Å²) in [6, 6.07) is 1.65. The van der Waals surface area contributed by atoms with Gasteiger partial charge in [-0.2, -0.15) is 0 Å². The highest BCUT2D eigenvalue weighted by atomic mass is 15.3. The van der Waals surface area contributed by atoms with Crippen LogP contribution in [-0.4, -0.2) is 62.2 Å². The predicted molar refractivity (Wildman–Crippen MR) is 50.3 cm³/mol. The molecule has 0 spiro atoms. The number of likely N-dealkylation sites (tertiary alicyclic amines) is 1. The second-order valence-electron chi connectivity index (χ2n) is 4.22. The quantitative estimate of drug-likeness (QED) is 0.606. The molecule has 0 saturated carbocycles. The predicted octanol–water partition coefficient (Wildman–Crippen LogP) is -0.406. The number of hydrogen-bond acceptors (Lipinski definition) is 3. The Bertz CT molecular complexity index is 146. The van der Waals surface area contributed by atoms with Crippen molar-refractivity contribution in [3.8, 4) is 0 Å². The molecule has 70 valence electrons. The Balaban J connectivity index is 1.73. The standard InChI is InChI=1S/C9H19N3/c1-11(2)9-6-12(7-9)8-3-4-10-5-8/h8-10H,3-7H2,1-2H3/t8-/m0/s1. The van der Waals surface area contributed by atoms with Gasteiger partial charge in [0.1, 0.15) is 0 Å². The minimum absolute atomic E-state index is 0.811. The van der Waals surface area contributed by atoms with Crippen LogP contribution in [0.5, 0.6) is 0 Å². The minimum atomic E-state index is 0.811. The van der Waals surface area contributed by atoms with Crippen molar-refractivity contribution >= 4 is 0 Å². The summed E-state index contributed by atoms with van der Waals surface area (Å²) in [5, 5.41) is 3.41. The molecule has 0 aromatic carbocycles. The molecule has 1 N–H and O–H groups in total. The number of likely N-dealkylation sites (N-methyl/N-ethyl adjacent to an activating group) is 1. The lowest BCUT2D eigenvalue weighted by molar-refractivity contribution is 0.0336. The Hall–Kier alpha value is -0.120. The summed E-state index contributed by atoms with van der Waals surface area (Å²) >= 11 is 0. The molecule has 2 fully saturated rings. The Morgan fingerprint density at radius 2 is 2.08 bits per heavy atom. The van der Waals surface area contributed by atoms with Gasteiger partial charge in [0.2, 0.25) is 0 Å². The molecule has 3 nitrogen and oxygen atoms in total. The van der Waals surface area contributed by atoms with Crippen LogP contribution in [-0.2, 0) is 0 Å². The van der Waals surface area contributed by atoms with Crippen molar-refractivity contribution in [2.45, 2.75) is 18.5 Å². The smallest absolute Gasteiger partial charge is 0.0344 e. The van der Waals surface area contributed by atoms with Crippen LogP contribution in [0.1, 0.15) is 6.42 Å². The Labute approximate surface area is 74.7 Å². The molecular weight excluding hydrogens is 150 g/mol. The van der Waals surface area contributed by atoms with Gasteiger partial charge >= 0.3 is 0 Å². The fraction of sp³-hybridized carbons (Fsp3) is 1.00. The normalized spacial score (nSPS) is 32.8. The van der Waals surface area contributed by atoms with Gasteiger partial charge in [-0.25, -0.2) is 0 Å². The summed E-state index contributed by atoms with van der Waals surface area (Å²) < 4.78 is 0. The molecule has 0 aromatic rings. The van der Waals surface area contributed by atoms with Crippen molar-refractivity contribution in [3.63, 3.8) is 0 Å². The van der Waals surface area contributed by atoms with Crippen molar-refractivity contribution in [1.29, 1.82) is 0 Å². The van der Waals surface area contributed by atoms with Crippen LogP contribution in [0.2, 0.25) is 0 Å². The monoisotopic (exact) mass is 169 g/mol. The van der Waals surface area contributed by atoms with Gasteiger partial charge in [-0.05, 0) is 27.1 Å².